The van der Waals surface area contributed by atoms with Gasteiger partial charge in [-0.25, -0.2) is 0 Å². The van der Waals surface area contributed by atoms with Gasteiger partial charge in [0.15, 0.2) is 5.11 Å². The highest BCUT2D eigenvalue weighted by Gasteiger charge is 2.12. The van der Waals surface area contributed by atoms with Crippen molar-refractivity contribution in [3.05, 3.63) is 77.3 Å². The number of anilines is 1. The van der Waals surface area contributed by atoms with Crippen molar-refractivity contribution in [1.82, 2.24) is 10.6 Å². The third kappa shape index (κ3) is 6.51. The highest BCUT2D eigenvalue weighted by Crippen LogP contribution is 2.17. The van der Waals surface area contributed by atoms with Crippen LogP contribution in [-0.2, 0) is 11.2 Å². The number of hydrogen-bond acceptors (Lipinski definition) is 3. The van der Waals surface area contributed by atoms with Crippen LogP contribution < -0.4 is 16.0 Å². The van der Waals surface area contributed by atoms with Gasteiger partial charge in [0, 0.05) is 18.0 Å². The van der Waals surface area contributed by atoms with Crippen LogP contribution in [0.2, 0.25) is 5.02 Å². The molecule has 7 heteroatoms. The number of halogens is 1. The van der Waals surface area contributed by atoms with Gasteiger partial charge in [-0.1, -0.05) is 48.0 Å². The fourth-order valence-electron chi connectivity index (χ4n) is 2.34. The molecule has 0 atom stereocenters. The summed E-state index contributed by atoms with van der Waals surface area (Å²) in [5.74, 6) is -0.494. The Labute approximate surface area is 168 Å². The normalized spacial score (nSPS) is 9.96. The lowest BCUT2D eigenvalue weighted by Crippen LogP contribution is -2.35. The van der Waals surface area contributed by atoms with Gasteiger partial charge in [0.05, 0.1) is 11.3 Å². The van der Waals surface area contributed by atoms with Gasteiger partial charge in [-0.15, -0.1) is 6.58 Å². The minimum absolute atomic E-state index is 0.128. The average molecular weight is 402 g/mol. The van der Waals surface area contributed by atoms with E-state index in [0.29, 0.717) is 29.2 Å². The topological polar surface area (TPSA) is 70.2 Å². The van der Waals surface area contributed by atoms with Crippen LogP contribution in [0, 0.1) is 0 Å². The van der Waals surface area contributed by atoms with Crippen molar-refractivity contribution in [3.63, 3.8) is 0 Å². The zero-order valence-electron chi connectivity index (χ0n) is 14.6. The van der Waals surface area contributed by atoms with Crippen molar-refractivity contribution in [2.75, 3.05) is 11.9 Å². The smallest absolute Gasteiger partial charge is 0.253 e. The Kier molecular flexibility index (Phi) is 7.98. The molecule has 3 N–H and O–H groups in total. The average Bonchev–Trinajstić information content (AvgIpc) is 2.65. The summed E-state index contributed by atoms with van der Waals surface area (Å²) >= 11 is 11.3. The largest absolute Gasteiger partial charge is 0.349 e. The lowest BCUT2D eigenvalue weighted by Gasteiger charge is -2.13. The molecule has 140 valence electrons. The first-order valence-corrected chi connectivity index (χ1v) is 9.12. The molecule has 0 aliphatic rings. The maximum Gasteiger partial charge on any atom is 0.253 e. The lowest BCUT2D eigenvalue weighted by atomic mass is 10.1. The van der Waals surface area contributed by atoms with Crippen molar-refractivity contribution in [3.8, 4) is 0 Å². The van der Waals surface area contributed by atoms with Gasteiger partial charge < -0.3 is 16.0 Å². The SMILES string of the molecule is C=CCNC(=O)c1ccccc1NC(=S)NC(=O)CCc1ccccc1Cl. The first-order valence-electron chi connectivity index (χ1n) is 8.33. The molecule has 0 fully saturated rings. The number of thiocarbonyl (C=S) groups is 1. The summed E-state index contributed by atoms with van der Waals surface area (Å²) in [7, 11) is 0. The number of benzene rings is 2. The molecule has 0 bridgehead atoms. The second kappa shape index (κ2) is 10.4. The number of hydrogen-bond donors (Lipinski definition) is 3. The Morgan fingerprint density at radius 1 is 1.11 bits per heavy atom. The van der Waals surface area contributed by atoms with Crippen LogP contribution in [0.5, 0.6) is 0 Å². The molecule has 2 rings (SSSR count). The molecular formula is C20H20ClN3O2S. The number of amides is 2. The van der Waals surface area contributed by atoms with E-state index in [0.717, 1.165) is 5.56 Å². The molecule has 0 spiro atoms. The Balaban J connectivity index is 1.92. The third-order valence-electron chi connectivity index (χ3n) is 3.66. The first kappa shape index (κ1) is 20.6. The summed E-state index contributed by atoms with van der Waals surface area (Å²) < 4.78 is 0. The Hall–Kier alpha value is -2.70. The highest BCUT2D eigenvalue weighted by molar-refractivity contribution is 7.80. The number of carbonyl (C=O) groups excluding carboxylic acids is 2. The van der Waals surface area contributed by atoms with Gasteiger partial charge in [-0.05, 0) is 42.4 Å². The molecule has 0 radical (unpaired) electrons. The summed E-state index contributed by atoms with van der Waals surface area (Å²) in [5.41, 5.74) is 1.83. The van der Waals surface area contributed by atoms with Gasteiger partial charge in [0.25, 0.3) is 5.91 Å². The minimum atomic E-state index is -0.258. The molecule has 2 amide bonds. The molecule has 27 heavy (non-hydrogen) atoms. The summed E-state index contributed by atoms with van der Waals surface area (Å²) in [6, 6.07) is 14.3. The molecule has 0 heterocycles. The van der Waals surface area contributed by atoms with Gasteiger partial charge >= 0.3 is 0 Å². The Morgan fingerprint density at radius 3 is 2.56 bits per heavy atom. The van der Waals surface area contributed by atoms with Crippen molar-refractivity contribution < 1.29 is 9.59 Å². The molecule has 0 aliphatic heterocycles. The van der Waals surface area contributed by atoms with Gasteiger partial charge in [-0.3, -0.25) is 9.59 Å². The van der Waals surface area contributed by atoms with E-state index in [1.807, 2.05) is 18.2 Å². The van der Waals surface area contributed by atoms with Crippen molar-refractivity contribution in [2.24, 2.45) is 0 Å². The second-order valence-corrected chi connectivity index (χ2v) is 6.45. The molecule has 0 aromatic heterocycles. The van der Waals surface area contributed by atoms with Gasteiger partial charge in [0.1, 0.15) is 0 Å². The maximum absolute atomic E-state index is 12.2. The third-order valence-corrected chi connectivity index (χ3v) is 4.23. The summed E-state index contributed by atoms with van der Waals surface area (Å²) in [6.07, 6.45) is 2.35. The standard InChI is InChI=1S/C20H20ClN3O2S/c1-2-13-22-19(26)15-8-4-6-10-17(15)23-20(27)24-18(25)12-11-14-7-3-5-9-16(14)21/h2-10H,1,11-13H2,(H,22,26)(H2,23,24,25,27). The molecule has 0 aliphatic carbocycles. The monoisotopic (exact) mass is 401 g/mol. The van der Waals surface area contributed by atoms with Crippen molar-refractivity contribution in [1.29, 1.82) is 0 Å². The molecule has 2 aromatic carbocycles. The van der Waals surface area contributed by atoms with Crippen molar-refractivity contribution in [2.45, 2.75) is 12.8 Å². The predicted molar refractivity (Wildman–Crippen MR) is 113 cm³/mol. The lowest BCUT2D eigenvalue weighted by molar-refractivity contribution is -0.119. The van der Waals surface area contributed by atoms with E-state index in [9.17, 15) is 9.59 Å². The predicted octanol–water partition coefficient (Wildman–Crippen LogP) is 3.70. The van der Waals surface area contributed by atoms with Crippen LogP contribution in [-0.4, -0.2) is 23.5 Å². The minimum Gasteiger partial charge on any atom is -0.349 e. The van der Waals surface area contributed by atoms with E-state index in [1.165, 1.54) is 0 Å². The Morgan fingerprint density at radius 2 is 1.81 bits per heavy atom. The summed E-state index contributed by atoms with van der Waals surface area (Å²) in [4.78, 5) is 24.3. The number of nitrogens with one attached hydrogen (secondary N) is 3. The second-order valence-electron chi connectivity index (χ2n) is 5.64. The molecule has 5 nitrogen and oxygen atoms in total. The van der Waals surface area contributed by atoms with Crippen LogP contribution in [0.15, 0.2) is 61.2 Å². The van der Waals surface area contributed by atoms with Crippen LogP contribution >= 0.6 is 23.8 Å². The van der Waals surface area contributed by atoms with Crippen LogP contribution in [0.3, 0.4) is 0 Å². The quantitative estimate of drug-likeness (QED) is 0.488. The van der Waals surface area contributed by atoms with Crippen LogP contribution in [0.4, 0.5) is 5.69 Å². The van der Waals surface area contributed by atoms with Gasteiger partial charge in [0.2, 0.25) is 5.91 Å². The highest BCUT2D eigenvalue weighted by atomic mass is 35.5. The number of para-hydroxylation sites is 1. The van der Waals surface area contributed by atoms with Crippen molar-refractivity contribution >= 4 is 46.4 Å². The number of aryl methyl sites for hydroxylation is 1. The number of rotatable bonds is 7. The first-order chi connectivity index (χ1) is 13.0. The maximum atomic E-state index is 12.2. The fraction of sp³-hybridized carbons (Fsp3) is 0.150. The molecule has 0 unspecified atom stereocenters. The van der Waals surface area contributed by atoms with Crippen LogP contribution in [0.25, 0.3) is 0 Å². The molecular weight excluding hydrogens is 382 g/mol. The van der Waals surface area contributed by atoms with Gasteiger partial charge in [-0.2, -0.15) is 0 Å². The molecule has 0 saturated heterocycles. The summed E-state index contributed by atoms with van der Waals surface area (Å²) in [5, 5.41) is 8.98. The molecule has 2 aromatic rings. The van der Waals surface area contributed by atoms with Crippen LogP contribution in [0.1, 0.15) is 22.3 Å². The molecule has 0 saturated carbocycles. The summed E-state index contributed by atoms with van der Waals surface area (Å²) in [6.45, 7) is 3.93. The fourth-order valence-corrected chi connectivity index (χ4v) is 2.80. The zero-order chi connectivity index (χ0) is 19.6. The van der Waals surface area contributed by atoms with E-state index in [2.05, 4.69) is 22.5 Å². The van der Waals surface area contributed by atoms with E-state index < -0.39 is 0 Å². The zero-order valence-corrected chi connectivity index (χ0v) is 16.2. The van der Waals surface area contributed by atoms with E-state index >= 15 is 0 Å². The van der Waals surface area contributed by atoms with E-state index in [4.69, 9.17) is 23.8 Å². The van der Waals surface area contributed by atoms with E-state index in [-0.39, 0.29) is 23.3 Å². The van der Waals surface area contributed by atoms with E-state index in [1.54, 1.807) is 36.4 Å². The number of carbonyl (C=O) groups is 2. The Bertz CT molecular complexity index is 855.